The molecule has 0 spiro atoms. The predicted octanol–water partition coefficient (Wildman–Crippen LogP) is 2.62. The Bertz CT molecular complexity index is 323. The molecule has 0 aliphatic rings. The van der Waals surface area contributed by atoms with Crippen molar-refractivity contribution in [3.8, 4) is 0 Å². The molecule has 90 valence electrons. The molecule has 1 atom stereocenters. The van der Waals surface area contributed by atoms with Crippen molar-refractivity contribution in [3.05, 3.63) is 34.9 Å². The zero-order chi connectivity index (χ0) is 12.0. The molecule has 3 N–H and O–H groups in total. The van der Waals surface area contributed by atoms with Gasteiger partial charge in [-0.2, -0.15) is 0 Å². The van der Waals surface area contributed by atoms with Gasteiger partial charge < -0.3 is 10.8 Å². The van der Waals surface area contributed by atoms with Crippen molar-refractivity contribution in [1.82, 2.24) is 0 Å². The van der Waals surface area contributed by atoms with Crippen molar-refractivity contribution in [1.29, 1.82) is 0 Å². The predicted molar refractivity (Wildman–Crippen MR) is 68.6 cm³/mol. The van der Waals surface area contributed by atoms with Crippen LogP contribution in [0.15, 0.2) is 24.3 Å². The second-order valence-corrected chi connectivity index (χ2v) is 4.86. The molecule has 0 saturated carbocycles. The third-order valence-corrected chi connectivity index (χ3v) is 3.25. The van der Waals surface area contributed by atoms with E-state index in [1.807, 2.05) is 24.3 Å². The van der Waals surface area contributed by atoms with Crippen LogP contribution in [0.3, 0.4) is 0 Å². The quantitative estimate of drug-likeness (QED) is 0.804. The first-order chi connectivity index (χ1) is 7.65. The van der Waals surface area contributed by atoms with Gasteiger partial charge in [0.15, 0.2) is 0 Å². The Morgan fingerprint density at radius 1 is 1.44 bits per heavy atom. The van der Waals surface area contributed by atoms with Crippen LogP contribution in [0.5, 0.6) is 0 Å². The smallest absolute Gasteiger partial charge is 0.0502 e. The molecular weight excluding hydrogens is 222 g/mol. The van der Waals surface area contributed by atoms with Gasteiger partial charge in [0.05, 0.1) is 6.61 Å². The number of hydrogen-bond acceptors (Lipinski definition) is 2. The first-order valence-electron chi connectivity index (χ1n) is 5.71. The van der Waals surface area contributed by atoms with Crippen molar-refractivity contribution in [2.45, 2.75) is 26.2 Å². The molecule has 0 aromatic heterocycles. The van der Waals surface area contributed by atoms with Crippen LogP contribution in [-0.2, 0) is 6.42 Å². The number of aliphatic hydroxyl groups excluding tert-OH is 1. The van der Waals surface area contributed by atoms with Gasteiger partial charge in [-0.3, -0.25) is 0 Å². The van der Waals surface area contributed by atoms with Crippen LogP contribution >= 0.6 is 11.6 Å². The van der Waals surface area contributed by atoms with Crippen molar-refractivity contribution < 1.29 is 5.11 Å². The largest absolute Gasteiger partial charge is 0.396 e. The van der Waals surface area contributed by atoms with Gasteiger partial charge in [0.2, 0.25) is 0 Å². The zero-order valence-electron chi connectivity index (χ0n) is 9.75. The van der Waals surface area contributed by atoms with E-state index >= 15 is 0 Å². The van der Waals surface area contributed by atoms with E-state index in [0.29, 0.717) is 6.54 Å². The maximum atomic E-state index is 9.53. The van der Waals surface area contributed by atoms with Crippen molar-refractivity contribution >= 4 is 11.6 Å². The van der Waals surface area contributed by atoms with E-state index in [1.54, 1.807) is 0 Å². The average molecular weight is 242 g/mol. The monoisotopic (exact) mass is 241 g/mol. The van der Waals surface area contributed by atoms with Gasteiger partial charge in [0.1, 0.15) is 0 Å². The van der Waals surface area contributed by atoms with Crippen LogP contribution in [0, 0.1) is 5.41 Å². The van der Waals surface area contributed by atoms with Crippen LogP contribution < -0.4 is 5.73 Å². The number of benzene rings is 1. The number of rotatable bonds is 6. The Hall–Kier alpha value is -0.570. The normalized spacial score (nSPS) is 14.8. The molecule has 2 nitrogen and oxygen atoms in total. The molecule has 0 radical (unpaired) electrons. The molecule has 0 aliphatic carbocycles. The molecule has 0 bridgehead atoms. The Kier molecular flexibility index (Phi) is 5.26. The third kappa shape index (κ3) is 3.48. The van der Waals surface area contributed by atoms with Crippen molar-refractivity contribution in [2.24, 2.45) is 11.1 Å². The highest BCUT2D eigenvalue weighted by atomic mass is 35.5. The van der Waals surface area contributed by atoms with Crippen LogP contribution in [0.2, 0.25) is 5.02 Å². The molecule has 0 amide bonds. The van der Waals surface area contributed by atoms with E-state index in [1.165, 1.54) is 0 Å². The fraction of sp³-hybridized carbons (Fsp3) is 0.538. The summed E-state index contributed by atoms with van der Waals surface area (Å²) in [5, 5.41) is 10.3. The summed E-state index contributed by atoms with van der Waals surface area (Å²) >= 11 is 5.94. The average Bonchev–Trinajstić information content (AvgIpc) is 2.28. The minimum absolute atomic E-state index is 0.129. The standard InChI is InChI=1S/C13H20ClNO/c1-2-6-13(9-15,10-16)8-11-4-3-5-12(14)7-11/h3-5,7,16H,2,6,8-10,15H2,1H3. The van der Waals surface area contributed by atoms with Gasteiger partial charge in [0, 0.05) is 17.0 Å². The summed E-state index contributed by atoms with van der Waals surface area (Å²) in [5.41, 5.74) is 6.74. The Morgan fingerprint density at radius 3 is 2.69 bits per heavy atom. The molecule has 1 unspecified atom stereocenters. The minimum Gasteiger partial charge on any atom is -0.396 e. The molecule has 0 aliphatic heterocycles. The number of aliphatic hydroxyl groups is 1. The Labute approximate surface area is 102 Å². The number of halogens is 1. The highest BCUT2D eigenvalue weighted by Gasteiger charge is 2.27. The second-order valence-electron chi connectivity index (χ2n) is 4.42. The van der Waals surface area contributed by atoms with Gasteiger partial charge in [-0.25, -0.2) is 0 Å². The van der Waals surface area contributed by atoms with E-state index in [2.05, 4.69) is 6.92 Å². The van der Waals surface area contributed by atoms with Gasteiger partial charge in [-0.1, -0.05) is 37.1 Å². The zero-order valence-corrected chi connectivity index (χ0v) is 10.5. The fourth-order valence-corrected chi connectivity index (χ4v) is 2.29. The molecular formula is C13H20ClNO. The van der Waals surface area contributed by atoms with E-state index in [4.69, 9.17) is 17.3 Å². The first-order valence-corrected chi connectivity index (χ1v) is 6.09. The van der Waals surface area contributed by atoms with Gasteiger partial charge in [-0.15, -0.1) is 0 Å². The molecule has 0 heterocycles. The summed E-state index contributed by atoms with van der Waals surface area (Å²) in [4.78, 5) is 0. The minimum atomic E-state index is -0.195. The highest BCUT2D eigenvalue weighted by Crippen LogP contribution is 2.28. The van der Waals surface area contributed by atoms with Gasteiger partial charge in [-0.05, 0) is 30.5 Å². The summed E-state index contributed by atoms with van der Waals surface area (Å²) in [5.74, 6) is 0. The lowest BCUT2D eigenvalue weighted by atomic mass is 9.78. The summed E-state index contributed by atoms with van der Waals surface area (Å²) in [6.45, 7) is 2.74. The van der Waals surface area contributed by atoms with E-state index in [0.717, 1.165) is 29.8 Å². The lowest BCUT2D eigenvalue weighted by Crippen LogP contribution is -2.36. The van der Waals surface area contributed by atoms with E-state index in [-0.39, 0.29) is 12.0 Å². The Balaban J connectivity index is 2.82. The number of nitrogens with two attached hydrogens (primary N) is 1. The van der Waals surface area contributed by atoms with E-state index in [9.17, 15) is 5.11 Å². The molecule has 0 fully saturated rings. The third-order valence-electron chi connectivity index (χ3n) is 3.02. The van der Waals surface area contributed by atoms with Gasteiger partial charge >= 0.3 is 0 Å². The highest BCUT2D eigenvalue weighted by molar-refractivity contribution is 6.30. The fourth-order valence-electron chi connectivity index (χ4n) is 2.07. The van der Waals surface area contributed by atoms with Crippen LogP contribution in [0.25, 0.3) is 0 Å². The molecule has 1 aromatic carbocycles. The molecule has 0 saturated heterocycles. The maximum absolute atomic E-state index is 9.53. The van der Waals surface area contributed by atoms with Crippen molar-refractivity contribution in [3.63, 3.8) is 0 Å². The molecule has 1 aromatic rings. The summed E-state index contributed by atoms with van der Waals surface area (Å²) in [6.07, 6.45) is 2.75. The van der Waals surface area contributed by atoms with Crippen LogP contribution in [-0.4, -0.2) is 18.3 Å². The Morgan fingerprint density at radius 2 is 2.19 bits per heavy atom. The van der Waals surface area contributed by atoms with Gasteiger partial charge in [0.25, 0.3) is 0 Å². The maximum Gasteiger partial charge on any atom is 0.0502 e. The SMILES string of the molecule is CCCC(CN)(CO)Cc1cccc(Cl)c1. The molecule has 1 rings (SSSR count). The summed E-state index contributed by atoms with van der Waals surface area (Å²) in [6, 6.07) is 7.76. The topological polar surface area (TPSA) is 46.2 Å². The lowest BCUT2D eigenvalue weighted by molar-refractivity contribution is 0.121. The molecule has 3 heteroatoms. The summed E-state index contributed by atoms with van der Waals surface area (Å²) < 4.78 is 0. The lowest BCUT2D eigenvalue weighted by Gasteiger charge is -2.30. The van der Waals surface area contributed by atoms with Crippen LogP contribution in [0.4, 0.5) is 0 Å². The van der Waals surface area contributed by atoms with Crippen LogP contribution in [0.1, 0.15) is 25.3 Å². The second kappa shape index (κ2) is 6.24. The van der Waals surface area contributed by atoms with Crippen molar-refractivity contribution in [2.75, 3.05) is 13.2 Å². The summed E-state index contributed by atoms with van der Waals surface area (Å²) in [7, 11) is 0. The number of hydrogen-bond donors (Lipinski definition) is 2. The molecule has 16 heavy (non-hydrogen) atoms. The van der Waals surface area contributed by atoms with E-state index < -0.39 is 0 Å². The first kappa shape index (κ1) is 13.5.